The number of benzene rings is 1. The molecule has 110 valence electrons. The van der Waals surface area contributed by atoms with Crippen LogP contribution in [0.3, 0.4) is 0 Å². The summed E-state index contributed by atoms with van der Waals surface area (Å²) in [6.07, 6.45) is 7.15. The SMILES string of the molecule is CCCNC(c1ccc(C)cc1C)C1CC2CCC1C2. The molecule has 1 heteroatoms. The van der Waals surface area contributed by atoms with Gasteiger partial charge < -0.3 is 5.32 Å². The number of aryl methyl sites for hydroxylation is 2. The zero-order valence-corrected chi connectivity index (χ0v) is 13.3. The molecule has 20 heavy (non-hydrogen) atoms. The Bertz CT molecular complexity index is 465. The van der Waals surface area contributed by atoms with E-state index in [-0.39, 0.29) is 0 Å². The van der Waals surface area contributed by atoms with Gasteiger partial charge in [-0.3, -0.25) is 0 Å². The lowest BCUT2D eigenvalue weighted by molar-refractivity contribution is 0.250. The average Bonchev–Trinajstić information content (AvgIpc) is 3.03. The third-order valence-corrected chi connectivity index (χ3v) is 5.60. The summed E-state index contributed by atoms with van der Waals surface area (Å²) in [4.78, 5) is 0. The van der Waals surface area contributed by atoms with Crippen LogP contribution in [0.4, 0.5) is 0 Å². The maximum Gasteiger partial charge on any atom is 0.0354 e. The number of fused-ring (bicyclic) bond motifs is 2. The third-order valence-electron chi connectivity index (χ3n) is 5.60. The highest BCUT2D eigenvalue weighted by atomic mass is 14.9. The molecule has 2 bridgehead atoms. The Kier molecular flexibility index (Phi) is 4.16. The van der Waals surface area contributed by atoms with E-state index in [2.05, 4.69) is 44.3 Å². The fourth-order valence-electron chi connectivity index (χ4n) is 4.67. The highest BCUT2D eigenvalue weighted by molar-refractivity contribution is 5.33. The lowest BCUT2D eigenvalue weighted by atomic mass is 9.79. The number of nitrogens with one attached hydrogen (secondary N) is 1. The van der Waals surface area contributed by atoms with Crippen LogP contribution in [0, 0.1) is 31.6 Å². The summed E-state index contributed by atoms with van der Waals surface area (Å²) in [6.45, 7) is 7.90. The molecular formula is C19H29N. The van der Waals surface area contributed by atoms with E-state index in [9.17, 15) is 0 Å². The molecule has 1 aromatic carbocycles. The van der Waals surface area contributed by atoms with E-state index in [1.54, 1.807) is 5.56 Å². The number of rotatable bonds is 5. The standard InChI is InChI=1S/C19H29N/c1-4-9-20-19(17-8-5-13(2)10-14(17)3)18-12-15-6-7-16(18)11-15/h5,8,10,15-16,18-20H,4,6-7,9,11-12H2,1-3H3. The van der Waals surface area contributed by atoms with Gasteiger partial charge in [-0.25, -0.2) is 0 Å². The van der Waals surface area contributed by atoms with E-state index in [0.717, 1.165) is 24.3 Å². The monoisotopic (exact) mass is 271 g/mol. The molecule has 1 nitrogen and oxygen atoms in total. The topological polar surface area (TPSA) is 12.0 Å². The molecule has 2 fully saturated rings. The number of hydrogen-bond donors (Lipinski definition) is 1. The molecule has 2 aliphatic rings. The summed E-state index contributed by atoms with van der Waals surface area (Å²) in [6, 6.07) is 7.61. The Morgan fingerprint density at radius 1 is 1.20 bits per heavy atom. The van der Waals surface area contributed by atoms with Gasteiger partial charge in [0.25, 0.3) is 0 Å². The zero-order chi connectivity index (χ0) is 14.1. The molecule has 2 aliphatic carbocycles. The van der Waals surface area contributed by atoms with Crippen molar-refractivity contribution in [2.75, 3.05) is 6.54 Å². The zero-order valence-electron chi connectivity index (χ0n) is 13.3. The Balaban J connectivity index is 1.85. The Morgan fingerprint density at radius 3 is 2.65 bits per heavy atom. The first-order valence-electron chi connectivity index (χ1n) is 8.49. The minimum atomic E-state index is 0.589. The first-order valence-corrected chi connectivity index (χ1v) is 8.49. The van der Waals surface area contributed by atoms with Crippen LogP contribution >= 0.6 is 0 Å². The minimum absolute atomic E-state index is 0.589. The van der Waals surface area contributed by atoms with Crippen LogP contribution in [0.2, 0.25) is 0 Å². The summed E-state index contributed by atoms with van der Waals surface area (Å²) in [5, 5.41) is 3.87. The lowest BCUT2D eigenvalue weighted by Gasteiger charge is -2.33. The molecule has 0 spiro atoms. The molecule has 3 rings (SSSR count). The number of hydrogen-bond acceptors (Lipinski definition) is 1. The maximum absolute atomic E-state index is 3.87. The van der Waals surface area contributed by atoms with E-state index >= 15 is 0 Å². The fraction of sp³-hybridized carbons (Fsp3) is 0.684. The van der Waals surface area contributed by atoms with Gasteiger partial charge >= 0.3 is 0 Å². The van der Waals surface area contributed by atoms with Crippen molar-refractivity contribution in [2.45, 2.75) is 58.9 Å². The van der Waals surface area contributed by atoms with E-state index in [1.165, 1.54) is 43.2 Å². The van der Waals surface area contributed by atoms with Gasteiger partial charge in [0.2, 0.25) is 0 Å². The van der Waals surface area contributed by atoms with E-state index in [1.807, 2.05) is 0 Å². The van der Waals surface area contributed by atoms with Crippen molar-refractivity contribution in [2.24, 2.45) is 17.8 Å². The quantitative estimate of drug-likeness (QED) is 0.812. The van der Waals surface area contributed by atoms with Crippen molar-refractivity contribution >= 4 is 0 Å². The fourth-order valence-corrected chi connectivity index (χ4v) is 4.67. The van der Waals surface area contributed by atoms with E-state index in [0.29, 0.717) is 6.04 Å². The van der Waals surface area contributed by atoms with Gasteiger partial charge in [0, 0.05) is 6.04 Å². The van der Waals surface area contributed by atoms with Crippen molar-refractivity contribution in [3.8, 4) is 0 Å². The van der Waals surface area contributed by atoms with E-state index in [4.69, 9.17) is 0 Å². The molecule has 4 unspecified atom stereocenters. The predicted molar refractivity (Wildman–Crippen MR) is 85.9 cm³/mol. The summed E-state index contributed by atoms with van der Waals surface area (Å²) in [5.41, 5.74) is 4.41. The second-order valence-electron chi connectivity index (χ2n) is 7.13. The molecule has 4 atom stereocenters. The van der Waals surface area contributed by atoms with Crippen molar-refractivity contribution in [1.82, 2.24) is 5.32 Å². The summed E-state index contributed by atoms with van der Waals surface area (Å²) < 4.78 is 0. The first-order chi connectivity index (χ1) is 9.69. The summed E-state index contributed by atoms with van der Waals surface area (Å²) >= 11 is 0. The molecule has 1 aromatic rings. The second kappa shape index (κ2) is 5.89. The van der Waals surface area contributed by atoms with Crippen LogP contribution in [0.25, 0.3) is 0 Å². The van der Waals surface area contributed by atoms with E-state index < -0.39 is 0 Å². The summed E-state index contributed by atoms with van der Waals surface area (Å²) in [5.74, 6) is 2.89. The first kappa shape index (κ1) is 14.1. The van der Waals surface area contributed by atoms with Gasteiger partial charge in [-0.15, -0.1) is 0 Å². The van der Waals surface area contributed by atoms with Gasteiger partial charge in [-0.1, -0.05) is 37.1 Å². The molecule has 0 saturated heterocycles. The van der Waals surface area contributed by atoms with Crippen molar-refractivity contribution in [3.63, 3.8) is 0 Å². The van der Waals surface area contributed by atoms with Gasteiger partial charge in [0.1, 0.15) is 0 Å². The van der Waals surface area contributed by atoms with Crippen LogP contribution in [0.15, 0.2) is 18.2 Å². The highest BCUT2D eigenvalue weighted by Gasteiger charge is 2.43. The van der Waals surface area contributed by atoms with Crippen LogP contribution in [-0.2, 0) is 0 Å². The molecule has 0 aliphatic heterocycles. The Labute approximate surface area is 124 Å². The molecule has 0 amide bonds. The van der Waals surface area contributed by atoms with Crippen molar-refractivity contribution in [1.29, 1.82) is 0 Å². The molecule has 0 aromatic heterocycles. The lowest BCUT2D eigenvalue weighted by Crippen LogP contribution is -2.32. The van der Waals surface area contributed by atoms with Crippen LogP contribution in [0.1, 0.15) is 61.8 Å². The van der Waals surface area contributed by atoms with Gasteiger partial charge in [-0.05, 0) is 75.0 Å². The van der Waals surface area contributed by atoms with Crippen LogP contribution in [-0.4, -0.2) is 6.54 Å². The maximum atomic E-state index is 3.87. The highest BCUT2D eigenvalue weighted by Crippen LogP contribution is 2.52. The molecule has 0 heterocycles. The largest absolute Gasteiger partial charge is 0.310 e. The second-order valence-corrected chi connectivity index (χ2v) is 7.13. The Hall–Kier alpha value is -0.820. The third kappa shape index (κ3) is 2.65. The van der Waals surface area contributed by atoms with Crippen LogP contribution in [0.5, 0.6) is 0 Å². The van der Waals surface area contributed by atoms with Crippen molar-refractivity contribution in [3.05, 3.63) is 34.9 Å². The smallest absolute Gasteiger partial charge is 0.0354 e. The average molecular weight is 271 g/mol. The normalized spacial score (nSPS) is 29.9. The van der Waals surface area contributed by atoms with Crippen molar-refractivity contribution < 1.29 is 0 Å². The Morgan fingerprint density at radius 2 is 2.05 bits per heavy atom. The summed E-state index contributed by atoms with van der Waals surface area (Å²) in [7, 11) is 0. The van der Waals surface area contributed by atoms with Gasteiger partial charge in [-0.2, -0.15) is 0 Å². The molecule has 1 N–H and O–H groups in total. The molecule has 2 saturated carbocycles. The molecule has 0 radical (unpaired) electrons. The minimum Gasteiger partial charge on any atom is -0.310 e. The van der Waals surface area contributed by atoms with Gasteiger partial charge in [0.05, 0.1) is 0 Å². The predicted octanol–water partition coefficient (Wildman–Crippen LogP) is 4.78. The van der Waals surface area contributed by atoms with Crippen LogP contribution < -0.4 is 5.32 Å². The molecular weight excluding hydrogens is 242 g/mol. The van der Waals surface area contributed by atoms with Gasteiger partial charge in [0.15, 0.2) is 0 Å².